The van der Waals surface area contributed by atoms with Crippen molar-refractivity contribution in [2.24, 2.45) is 5.92 Å². The molecule has 3 aromatic rings. The molecular formula is C21H19ClF2N4O2. The lowest BCUT2D eigenvalue weighted by Gasteiger charge is -2.30. The third kappa shape index (κ3) is 4.83. The number of carbonyl (C=O) groups is 1. The van der Waals surface area contributed by atoms with Crippen LogP contribution >= 0.6 is 11.6 Å². The van der Waals surface area contributed by atoms with E-state index in [2.05, 4.69) is 15.5 Å². The SMILES string of the molecule is O=C(Nc1ccc(F)cc1F)C1CCCN(Cc2nc(-c3cccc(Cl)c3)no2)C1. The highest BCUT2D eigenvalue weighted by Crippen LogP contribution is 2.23. The van der Waals surface area contributed by atoms with Crippen molar-refractivity contribution in [1.82, 2.24) is 15.0 Å². The lowest BCUT2D eigenvalue weighted by Crippen LogP contribution is -2.40. The van der Waals surface area contributed by atoms with Gasteiger partial charge in [-0.15, -0.1) is 0 Å². The minimum atomic E-state index is -0.796. The Hall–Kier alpha value is -2.84. The van der Waals surface area contributed by atoms with E-state index in [0.717, 1.165) is 30.7 Å². The maximum atomic E-state index is 13.8. The van der Waals surface area contributed by atoms with Gasteiger partial charge in [0.05, 0.1) is 18.2 Å². The van der Waals surface area contributed by atoms with Crippen LogP contribution in [0.15, 0.2) is 47.0 Å². The maximum absolute atomic E-state index is 13.8. The van der Waals surface area contributed by atoms with E-state index in [1.165, 1.54) is 6.07 Å². The number of hydrogen-bond acceptors (Lipinski definition) is 5. The van der Waals surface area contributed by atoms with Crippen LogP contribution in [0.3, 0.4) is 0 Å². The maximum Gasteiger partial charge on any atom is 0.241 e. The van der Waals surface area contributed by atoms with Crippen molar-refractivity contribution in [3.8, 4) is 11.4 Å². The Morgan fingerprint density at radius 3 is 2.93 bits per heavy atom. The van der Waals surface area contributed by atoms with E-state index < -0.39 is 11.6 Å². The number of anilines is 1. The van der Waals surface area contributed by atoms with E-state index in [4.69, 9.17) is 16.1 Å². The van der Waals surface area contributed by atoms with Gasteiger partial charge in [-0.25, -0.2) is 8.78 Å². The van der Waals surface area contributed by atoms with Crippen molar-refractivity contribution >= 4 is 23.2 Å². The number of rotatable bonds is 5. The number of likely N-dealkylation sites (tertiary alicyclic amines) is 1. The Balaban J connectivity index is 1.38. The Bertz CT molecular complexity index is 1060. The molecule has 30 heavy (non-hydrogen) atoms. The number of carbonyl (C=O) groups excluding carboxylic acids is 1. The Kier molecular flexibility index (Phi) is 6.06. The van der Waals surface area contributed by atoms with Gasteiger partial charge < -0.3 is 9.84 Å². The molecule has 1 N–H and O–H groups in total. The van der Waals surface area contributed by atoms with Gasteiger partial charge in [-0.05, 0) is 43.7 Å². The molecule has 0 radical (unpaired) electrons. The molecule has 0 spiro atoms. The van der Waals surface area contributed by atoms with E-state index in [9.17, 15) is 13.6 Å². The van der Waals surface area contributed by atoms with Gasteiger partial charge in [0.25, 0.3) is 0 Å². The number of aromatic nitrogens is 2. The highest BCUT2D eigenvalue weighted by Gasteiger charge is 2.27. The molecule has 156 valence electrons. The van der Waals surface area contributed by atoms with E-state index in [1.54, 1.807) is 12.1 Å². The Morgan fingerprint density at radius 2 is 2.13 bits per heavy atom. The molecule has 1 aliphatic rings. The summed E-state index contributed by atoms with van der Waals surface area (Å²) in [6.07, 6.45) is 1.49. The van der Waals surface area contributed by atoms with E-state index in [1.807, 2.05) is 17.0 Å². The monoisotopic (exact) mass is 432 g/mol. The largest absolute Gasteiger partial charge is 0.338 e. The molecule has 1 atom stereocenters. The topological polar surface area (TPSA) is 71.3 Å². The molecule has 1 saturated heterocycles. The zero-order valence-corrected chi connectivity index (χ0v) is 16.7. The second kappa shape index (κ2) is 8.89. The minimum Gasteiger partial charge on any atom is -0.338 e. The fourth-order valence-electron chi connectivity index (χ4n) is 3.49. The van der Waals surface area contributed by atoms with Crippen LogP contribution in [-0.2, 0) is 11.3 Å². The molecule has 6 nitrogen and oxygen atoms in total. The van der Waals surface area contributed by atoms with Gasteiger partial charge >= 0.3 is 0 Å². The zero-order valence-electron chi connectivity index (χ0n) is 15.9. The van der Waals surface area contributed by atoms with Gasteiger partial charge in [0.1, 0.15) is 11.6 Å². The molecule has 9 heteroatoms. The molecular weight excluding hydrogens is 414 g/mol. The first-order chi connectivity index (χ1) is 14.5. The van der Waals surface area contributed by atoms with Crippen LogP contribution < -0.4 is 5.32 Å². The molecule has 1 amide bonds. The zero-order chi connectivity index (χ0) is 21.1. The van der Waals surface area contributed by atoms with Crippen molar-refractivity contribution in [2.75, 3.05) is 18.4 Å². The first kappa shape index (κ1) is 20.4. The minimum absolute atomic E-state index is 0.0263. The summed E-state index contributed by atoms with van der Waals surface area (Å²) in [5.74, 6) is -1.21. The molecule has 1 aliphatic heterocycles. The number of halogens is 3. The van der Waals surface area contributed by atoms with Gasteiger partial charge in [-0.3, -0.25) is 9.69 Å². The van der Waals surface area contributed by atoms with Gasteiger partial charge in [0, 0.05) is 23.2 Å². The summed E-state index contributed by atoms with van der Waals surface area (Å²) in [5, 5.41) is 7.13. The molecule has 4 rings (SSSR count). The fourth-order valence-corrected chi connectivity index (χ4v) is 3.68. The first-order valence-electron chi connectivity index (χ1n) is 9.55. The van der Waals surface area contributed by atoms with Crippen LogP contribution in [0.25, 0.3) is 11.4 Å². The number of hydrogen-bond donors (Lipinski definition) is 1. The third-order valence-corrected chi connectivity index (χ3v) is 5.21. The third-order valence-electron chi connectivity index (χ3n) is 4.98. The predicted molar refractivity (Wildman–Crippen MR) is 108 cm³/mol. The molecule has 0 aliphatic carbocycles. The number of nitrogens with zero attached hydrogens (tertiary/aromatic N) is 3. The Morgan fingerprint density at radius 1 is 1.27 bits per heavy atom. The lowest BCUT2D eigenvalue weighted by atomic mass is 9.97. The highest BCUT2D eigenvalue weighted by atomic mass is 35.5. The quantitative estimate of drug-likeness (QED) is 0.642. The van der Waals surface area contributed by atoms with Crippen LogP contribution in [0.1, 0.15) is 18.7 Å². The normalized spacial score (nSPS) is 17.1. The molecule has 1 fully saturated rings. The molecule has 1 unspecified atom stereocenters. The predicted octanol–water partition coefficient (Wildman–Crippen LogP) is 4.52. The number of nitrogens with one attached hydrogen (secondary N) is 1. The average Bonchev–Trinajstić information content (AvgIpc) is 3.19. The summed E-state index contributed by atoms with van der Waals surface area (Å²) < 4.78 is 32.2. The number of amides is 1. The summed E-state index contributed by atoms with van der Waals surface area (Å²) in [7, 11) is 0. The molecule has 2 heterocycles. The van der Waals surface area contributed by atoms with Crippen LogP contribution in [-0.4, -0.2) is 34.0 Å². The van der Waals surface area contributed by atoms with Crippen molar-refractivity contribution < 1.29 is 18.1 Å². The number of piperidine rings is 1. The second-order valence-electron chi connectivity index (χ2n) is 7.21. The van der Waals surface area contributed by atoms with Gasteiger partial charge in [-0.2, -0.15) is 4.98 Å². The smallest absolute Gasteiger partial charge is 0.241 e. The summed E-state index contributed by atoms with van der Waals surface area (Å²) in [5.41, 5.74) is 0.733. The van der Waals surface area contributed by atoms with E-state index >= 15 is 0 Å². The van der Waals surface area contributed by atoms with Crippen molar-refractivity contribution in [1.29, 1.82) is 0 Å². The summed E-state index contributed by atoms with van der Waals surface area (Å²) in [4.78, 5) is 19.0. The van der Waals surface area contributed by atoms with Crippen molar-refractivity contribution in [2.45, 2.75) is 19.4 Å². The van der Waals surface area contributed by atoms with Crippen LogP contribution in [0.4, 0.5) is 14.5 Å². The molecule has 1 aromatic heterocycles. The molecule has 0 saturated carbocycles. The first-order valence-corrected chi connectivity index (χ1v) is 9.92. The van der Waals surface area contributed by atoms with Crippen LogP contribution in [0, 0.1) is 17.6 Å². The summed E-state index contributed by atoms with van der Waals surface area (Å²) in [6, 6.07) is 10.3. The summed E-state index contributed by atoms with van der Waals surface area (Å²) >= 11 is 6.00. The lowest BCUT2D eigenvalue weighted by molar-refractivity contribution is -0.121. The van der Waals surface area contributed by atoms with Gasteiger partial charge in [0.15, 0.2) is 0 Å². The van der Waals surface area contributed by atoms with E-state index in [0.29, 0.717) is 36.2 Å². The van der Waals surface area contributed by atoms with Crippen molar-refractivity contribution in [3.05, 3.63) is 65.0 Å². The van der Waals surface area contributed by atoms with Gasteiger partial charge in [-0.1, -0.05) is 28.9 Å². The second-order valence-corrected chi connectivity index (χ2v) is 7.65. The number of benzene rings is 2. The highest BCUT2D eigenvalue weighted by molar-refractivity contribution is 6.30. The van der Waals surface area contributed by atoms with Gasteiger partial charge in [0.2, 0.25) is 17.6 Å². The summed E-state index contributed by atoms with van der Waals surface area (Å²) in [6.45, 7) is 1.66. The van der Waals surface area contributed by atoms with E-state index in [-0.39, 0.29) is 17.5 Å². The molecule has 2 aromatic carbocycles. The van der Waals surface area contributed by atoms with Crippen LogP contribution in [0.2, 0.25) is 5.02 Å². The Labute approximate surface area is 176 Å². The fraction of sp³-hybridized carbons (Fsp3) is 0.286. The standard InChI is InChI=1S/C21H19ClF2N4O2/c22-15-5-1-3-13(9-15)20-26-19(30-27-20)12-28-8-2-4-14(11-28)21(29)25-18-7-6-16(23)10-17(18)24/h1,3,5-7,9-10,14H,2,4,8,11-12H2,(H,25,29). The van der Waals surface area contributed by atoms with Crippen LogP contribution in [0.5, 0.6) is 0 Å². The van der Waals surface area contributed by atoms with Crippen molar-refractivity contribution in [3.63, 3.8) is 0 Å². The molecule has 0 bridgehead atoms. The average molecular weight is 433 g/mol.